The van der Waals surface area contributed by atoms with Gasteiger partial charge >= 0.3 is 0 Å². The highest BCUT2D eigenvalue weighted by Gasteiger charge is 2.17. The van der Waals surface area contributed by atoms with Gasteiger partial charge in [0.1, 0.15) is 23.1 Å². The highest BCUT2D eigenvalue weighted by molar-refractivity contribution is 6.18. The predicted octanol–water partition coefficient (Wildman–Crippen LogP) is 7.77. The van der Waals surface area contributed by atoms with E-state index in [4.69, 9.17) is 19.5 Å². The molecule has 5 nitrogen and oxygen atoms in total. The molecule has 0 aromatic heterocycles. The van der Waals surface area contributed by atoms with Gasteiger partial charge in [0.05, 0.1) is 29.9 Å². The van der Waals surface area contributed by atoms with Crippen molar-refractivity contribution in [2.45, 2.75) is 20.3 Å². The third-order valence-electron chi connectivity index (χ3n) is 5.82. The van der Waals surface area contributed by atoms with Crippen LogP contribution in [0.25, 0.3) is 0 Å². The van der Waals surface area contributed by atoms with Crippen LogP contribution in [0.5, 0.6) is 17.2 Å². The van der Waals surface area contributed by atoms with Crippen molar-refractivity contribution < 1.29 is 9.47 Å². The molecule has 0 fully saturated rings. The molecule has 0 radical (unpaired) electrons. The monoisotopic (exact) mass is 461 g/mol. The van der Waals surface area contributed by atoms with Crippen molar-refractivity contribution in [3.63, 3.8) is 0 Å². The Kier molecular flexibility index (Phi) is 6.31. The Morgan fingerprint density at radius 3 is 2.14 bits per heavy atom. The number of nitrogens with zero attached hydrogens (tertiary/aromatic N) is 2. The molecule has 5 rings (SSSR count). The largest absolute Gasteiger partial charge is 0.495 e. The Bertz CT molecular complexity index is 1400. The van der Waals surface area contributed by atoms with Gasteiger partial charge in [-0.1, -0.05) is 59.7 Å². The number of fused-ring (bicyclic) bond motifs is 1. The van der Waals surface area contributed by atoms with Crippen LogP contribution >= 0.6 is 0 Å². The summed E-state index contributed by atoms with van der Waals surface area (Å²) in [7, 11) is 1.67. The Morgan fingerprint density at radius 2 is 1.40 bits per heavy atom. The third-order valence-corrected chi connectivity index (χ3v) is 5.82. The maximum Gasteiger partial charge on any atom is 0.142 e. The van der Waals surface area contributed by atoms with E-state index in [9.17, 15) is 0 Å². The number of amidine groups is 1. The number of hydrogen-bond acceptors (Lipinski definition) is 5. The fourth-order valence-corrected chi connectivity index (χ4v) is 3.91. The number of anilines is 1. The molecule has 35 heavy (non-hydrogen) atoms. The summed E-state index contributed by atoms with van der Waals surface area (Å²) in [5.74, 6) is 3.06. The molecule has 5 heteroatoms. The molecule has 0 bridgehead atoms. The van der Waals surface area contributed by atoms with E-state index in [2.05, 4.69) is 43.4 Å². The highest BCUT2D eigenvalue weighted by Crippen LogP contribution is 2.37. The summed E-state index contributed by atoms with van der Waals surface area (Å²) in [6, 6.07) is 30.1. The van der Waals surface area contributed by atoms with Crippen LogP contribution < -0.4 is 14.8 Å². The number of rotatable bonds is 5. The molecule has 0 saturated carbocycles. The summed E-state index contributed by atoms with van der Waals surface area (Å²) in [6.07, 6.45) is 0.546. The van der Waals surface area contributed by atoms with Gasteiger partial charge in [0.2, 0.25) is 0 Å². The van der Waals surface area contributed by atoms with Gasteiger partial charge in [-0.05, 0) is 55.8 Å². The summed E-state index contributed by atoms with van der Waals surface area (Å²) in [4.78, 5) is 9.98. The first-order valence-electron chi connectivity index (χ1n) is 11.6. The maximum atomic E-state index is 6.10. The zero-order valence-electron chi connectivity index (χ0n) is 20.1. The van der Waals surface area contributed by atoms with Crippen molar-refractivity contribution in [2.24, 2.45) is 9.98 Å². The van der Waals surface area contributed by atoms with Crippen LogP contribution in [0.1, 0.15) is 23.1 Å². The Labute approximate surface area is 205 Å². The number of para-hydroxylation sites is 2. The van der Waals surface area contributed by atoms with Crippen LogP contribution in [0.4, 0.5) is 17.1 Å². The van der Waals surface area contributed by atoms with Crippen molar-refractivity contribution >= 4 is 28.6 Å². The normalized spacial score (nSPS) is 12.7. The molecule has 0 spiro atoms. The standard InChI is InChI=1S/C30H27N3O2/c1-20-8-12-22(13-9-20)27-19-30(33-26-6-4-5-7-29(26)34-3)32-25-17-16-24(18-28(25)31-27)35-23-14-10-21(2)11-15-23/h4-18H,19H2,1-3H3,(H,32,33). The lowest BCUT2D eigenvalue weighted by atomic mass is 10.0. The van der Waals surface area contributed by atoms with Crippen LogP contribution in [0, 0.1) is 13.8 Å². The van der Waals surface area contributed by atoms with Crippen molar-refractivity contribution in [1.29, 1.82) is 0 Å². The number of hydrogen-bond donors (Lipinski definition) is 1. The summed E-state index contributed by atoms with van der Waals surface area (Å²) in [5.41, 5.74) is 6.79. The van der Waals surface area contributed by atoms with E-state index in [0.717, 1.165) is 51.4 Å². The minimum absolute atomic E-state index is 0.546. The topological polar surface area (TPSA) is 55.2 Å². The van der Waals surface area contributed by atoms with Gasteiger partial charge in [-0.15, -0.1) is 0 Å². The molecule has 1 N–H and O–H groups in total. The van der Waals surface area contributed by atoms with Gasteiger partial charge in [-0.2, -0.15) is 0 Å². The van der Waals surface area contributed by atoms with E-state index in [1.807, 2.05) is 66.7 Å². The van der Waals surface area contributed by atoms with Crippen molar-refractivity contribution in [3.8, 4) is 17.2 Å². The summed E-state index contributed by atoms with van der Waals surface area (Å²) in [5, 5.41) is 3.47. The average Bonchev–Trinajstić information content (AvgIpc) is 3.05. The SMILES string of the molecule is COc1ccccc1NC1=Nc2ccc(Oc3ccc(C)cc3)cc2N=C(c2ccc(C)cc2)C1. The van der Waals surface area contributed by atoms with Crippen LogP contribution in [0.3, 0.4) is 0 Å². The summed E-state index contributed by atoms with van der Waals surface area (Å²) >= 11 is 0. The van der Waals surface area contributed by atoms with Crippen molar-refractivity contribution in [1.82, 2.24) is 0 Å². The van der Waals surface area contributed by atoms with Gasteiger partial charge in [-0.3, -0.25) is 0 Å². The number of aryl methyl sites for hydroxylation is 2. The molecule has 0 atom stereocenters. The molecular weight excluding hydrogens is 434 g/mol. The number of ether oxygens (including phenoxy) is 2. The van der Waals surface area contributed by atoms with E-state index in [1.165, 1.54) is 11.1 Å². The first kappa shape index (κ1) is 22.4. The van der Waals surface area contributed by atoms with Gasteiger partial charge in [0.25, 0.3) is 0 Å². The van der Waals surface area contributed by atoms with Crippen LogP contribution in [-0.4, -0.2) is 18.7 Å². The minimum Gasteiger partial charge on any atom is -0.495 e. The first-order valence-corrected chi connectivity index (χ1v) is 11.6. The molecule has 0 aliphatic carbocycles. The molecule has 174 valence electrons. The zero-order valence-corrected chi connectivity index (χ0v) is 20.1. The molecule has 1 aliphatic heterocycles. The molecule has 0 amide bonds. The van der Waals surface area contributed by atoms with Gasteiger partial charge in [0, 0.05) is 12.5 Å². The molecular formula is C30H27N3O2. The minimum atomic E-state index is 0.546. The molecule has 1 heterocycles. The lowest BCUT2D eigenvalue weighted by molar-refractivity contribution is 0.417. The summed E-state index contributed by atoms with van der Waals surface area (Å²) in [6.45, 7) is 4.14. The lowest BCUT2D eigenvalue weighted by Gasteiger charge is -2.13. The second-order valence-electron chi connectivity index (χ2n) is 8.55. The molecule has 0 saturated heterocycles. The Balaban J connectivity index is 1.54. The number of aliphatic imine (C=N–C) groups is 2. The van der Waals surface area contributed by atoms with Crippen molar-refractivity contribution in [2.75, 3.05) is 12.4 Å². The van der Waals surface area contributed by atoms with Crippen LogP contribution in [-0.2, 0) is 0 Å². The van der Waals surface area contributed by atoms with Crippen LogP contribution in [0.15, 0.2) is 101 Å². The predicted molar refractivity (Wildman–Crippen MR) is 143 cm³/mol. The molecule has 4 aromatic rings. The molecule has 0 unspecified atom stereocenters. The smallest absolute Gasteiger partial charge is 0.142 e. The Hall–Kier alpha value is -4.38. The highest BCUT2D eigenvalue weighted by atomic mass is 16.5. The van der Waals surface area contributed by atoms with Gasteiger partial charge in [-0.25, -0.2) is 9.98 Å². The van der Waals surface area contributed by atoms with Crippen molar-refractivity contribution in [3.05, 3.63) is 108 Å². The zero-order chi connectivity index (χ0) is 24.2. The van der Waals surface area contributed by atoms with E-state index >= 15 is 0 Å². The first-order chi connectivity index (χ1) is 17.1. The van der Waals surface area contributed by atoms with Gasteiger partial charge in [0.15, 0.2) is 0 Å². The number of nitrogens with one attached hydrogen (secondary N) is 1. The van der Waals surface area contributed by atoms with Crippen LogP contribution in [0.2, 0.25) is 0 Å². The Morgan fingerprint density at radius 1 is 0.714 bits per heavy atom. The third kappa shape index (κ3) is 5.25. The second kappa shape index (κ2) is 9.85. The van der Waals surface area contributed by atoms with E-state index in [1.54, 1.807) is 7.11 Å². The van der Waals surface area contributed by atoms with E-state index < -0.39 is 0 Å². The summed E-state index contributed by atoms with van der Waals surface area (Å²) < 4.78 is 11.6. The lowest BCUT2D eigenvalue weighted by Crippen LogP contribution is -2.17. The van der Waals surface area contributed by atoms with E-state index in [0.29, 0.717) is 6.42 Å². The maximum absolute atomic E-state index is 6.10. The quantitative estimate of drug-likeness (QED) is 0.330. The number of methoxy groups -OCH3 is 1. The van der Waals surface area contributed by atoms with Gasteiger partial charge < -0.3 is 14.8 Å². The molecule has 4 aromatic carbocycles. The number of benzene rings is 4. The fraction of sp³-hybridized carbons (Fsp3) is 0.133. The fourth-order valence-electron chi connectivity index (χ4n) is 3.91. The average molecular weight is 462 g/mol. The van der Waals surface area contributed by atoms with E-state index in [-0.39, 0.29) is 0 Å². The second-order valence-corrected chi connectivity index (χ2v) is 8.55. The molecule has 1 aliphatic rings.